The van der Waals surface area contributed by atoms with Crippen LogP contribution in [-0.4, -0.2) is 16.6 Å². The molecule has 3 rings (SSSR count). The lowest BCUT2D eigenvalue weighted by molar-refractivity contribution is -0.116. The molecule has 1 amide bonds. The summed E-state index contributed by atoms with van der Waals surface area (Å²) in [5.74, 6) is -0.649. The van der Waals surface area contributed by atoms with E-state index >= 15 is 0 Å². The summed E-state index contributed by atoms with van der Waals surface area (Å²) in [4.78, 5) is 23.6. The van der Waals surface area contributed by atoms with Crippen LogP contribution in [0.5, 0.6) is 0 Å². The number of carbonyl (C=O) groups excluding carboxylic acids is 2. The fourth-order valence-corrected chi connectivity index (χ4v) is 2.54. The first kappa shape index (κ1) is 16.0. The molecule has 0 saturated heterocycles. The van der Waals surface area contributed by atoms with E-state index < -0.39 is 10.8 Å². The first-order chi connectivity index (χ1) is 11.6. The summed E-state index contributed by atoms with van der Waals surface area (Å²) in [5, 5.41) is 5.60. The van der Waals surface area contributed by atoms with Gasteiger partial charge in [0.05, 0.1) is 5.70 Å². The average Bonchev–Trinajstić information content (AvgIpc) is 2.63. The molecule has 0 radical (unpaired) electrons. The second-order valence-corrected chi connectivity index (χ2v) is 5.94. The molecule has 2 aromatic carbocycles. The van der Waals surface area contributed by atoms with Gasteiger partial charge in [-0.05, 0) is 30.5 Å². The number of benzene rings is 2. The van der Waals surface area contributed by atoms with Crippen LogP contribution in [0.2, 0.25) is 0 Å². The molecule has 1 aliphatic rings. The second kappa shape index (κ2) is 6.72. The SMILES string of the molecule is O=C(C1=CC(Cl)(C(=O)Nc2ccccc2)C=CN1)c1ccccc1. The van der Waals surface area contributed by atoms with E-state index in [2.05, 4.69) is 10.6 Å². The summed E-state index contributed by atoms with van der Waals surface area (Å²) in [7, 11) is 0. The molecule has 1 aliphatic heterocycles. The monoisotopic (exact) mass is 338 g/mol. The number of alkyl halides is 1. The highest BCUT2D eigenvalue weighted by molar-refractivity contribution is 6.40. The van der Waals surface area contributed by atoms with Gasteiger partial charge in [0, 0.05) is 11.3 Å². The molecule has 0 aromatic heterocycles. The number of rotatable bonds is 4. The van der Waals surface area contributed by atoms with Crippen molar-refractivity contribution in [3.8, 4) is 0 Å². The van der Waals surface area contributed by atoms with Crippen LogP contribution in [0.3, 0.4) is 0 Å². The van der Waals surface area contributed by atoms with Crippen LogP contribution in [0.4, 0.5) is 5.69 Å². The van der Waals surface area contributed by atoms with Crippen LogP contribution in [-0.2, 0) is 4.79 Å². The predicted molar refractivity (Wildman–Crippen MR) is 94.8 cm³/mol. The Bertz CT molecular complexity index is 816. The van der Waals surface area contributed by atoms with Crippen molar-refractivity contribution in [1.29, 1.82) is 0 Å². The van der Waals surface area contributed by atoms with Crippen molar-refractivity contribution in [3.63, 3.8) is 0 Å². The summed E-state index contributed by atoms with van der Waals surface area (Å²) in [6.07, 6.45) is 4.45. The lowest BCUT2D eigenvalue weighted by Crippen LogP contribution is -2.38. The minimum Gasteiger partial charge on any atom is -0.359 e. The molecule has 0 saturated carbocycles. The molecule has 2 N–H and O–H groups in total. The quantitative estimate of drug-likeness (QED) is 0.662. The largest absolute Gasteiger partial charge is 0.359 e. The van der Waals surface area contributed by atoms with E-state index in [4.69, 9.17) is 11.6 Å². The Labute approximate surface area is 144 Å². The van der Waals surface area contributed by atoms with Gasteiger partial charge in [0.1, 0.15) is 0 Å². The van der Waals surface area contributed by atoms with Crippen LogP contribution in [0, 0.1) is 0 Å². The van der Waals surface area contributed by atoms with Crippen molar-refractivity contribution < 1.29 is 9.59 Å². The average molecular weight is 339 g/mol. The van der Waals surface area contributed by atoms with E-state index in [9.17, 15) is 9.59 Å². The maximum Gasteiger partial charge on any atom is 0.253 e. The summed E-state index contributed by atoms with van der Waals surface area (Å²) in [6.45, 7) is 0. The second-order valence-electron chi connectivity index (χ2n) is 5.32. The number of para-hydroxylation sites is 1. The van der Waals surface area contributed by atoms with Gasteiger partial charge in [0.15, 0.2) is 4.87 Å². The fraction of sp³-hybridized carbons (Fsp3) is 0.0526. The summed E-state index contributed by atoms with van der Waals surface area (Å²) >= 11 is 6.43. The summed E-state index contributed by atoms with van der Waals surface area (Å²) < 4.78 is 0. The number of hydrogen-bond donors (Lipinski definition) is 2. The van der Waals surface area contributed by atoms with Gasteiger partial charge in [-0.25, -0.2) is 0 Å². The number of dihydropyridines is 1. The van der Waals surface area contributed by atoms with Gasteiger partial charge in [-0.3, -0.25) is 9.59 Å². The topological polar surface area (TPSA) is 58.2 Å². The molecule has 0 aliphatic carbocycles. The molecular weight excluding hydrogens is 324 g/mol. The number of nitrogens with one attached hydrogen (secondary N) is 2. The van der Waals surface area contributed by atoms with Crippen LogP contribution in [0.25, 0.3) is 0 Å². The van der Waals surface area contributed by atoms with E-state index in [0.29, 0.717) is 11.3 Å². The Morgan fingerprint density at radius 3 is 2.25 bits per heavy atom. The van der Waals surface area contributed by atoms with Crippen molar-refractivity contribution in [3.05, 3.63) is 90.3 Å². The zero-order valence-electron chi connectivity index (χ0n) is 12.7. The highest BCUT2D eigenvalue weighted by atomic mass is 35.5. The van der Waals surface area contributed by atoms with E-state index in [0.717, 1.165) is 0 Å². The number of hydrogen-bond acceptors (Lipinski definition) is 3. The fourth-order valence-electron chi connectivity index (χ4n) is 2.32. The minimum absolute atomic E-state index is 0.225. The van der Waals surface area contributed by atoms with E-state index in [1.54, 1.807) is 36.4 Å². The first-order valence-electron chi connectivity index (χ1n) is 7.41. The number of allylic oxidation sites excluding steroid dienone is 1. The van der Waals surface area contributed by atoms with Crippen LogP contribution < -0.4 is 10.6 Å². The standard InChI is InChI=1S/C19H15ClN2O2/c20-19(18(24)22-15-9-5-2-6-10-15)11-12-21-16(13-19)17(23)14-7-3-1-4-8-14/h1-13,21H,(H,22,24). The Kier molecular flexibility index (Phi) is 4.49. The number of Topliss-reactive ketones (excluding diaryl/α,β-unsaturated/α-hetero) is 1. The molecule has 5 heteroatoms. The van der Waals surface area contributed by atoms with Gasteiger partial charge < -0.3 is 10.6 Å². The third-order valence-electron chi connectivity index (χ3n) is 3.58. The molecule has 4 nitrogen and oxygen atoms in total. The third kappa shape index (κ3) is 3.39. The maximum atomic E-state index is 12.5. The van der Waals surface area contributed by atoms with Crippen molar-refractivity contribution in [2.75, 3.05) is 5.32 Å². The molecule has 2 aromatic rings. The predicted octanol–water partition coefficient (Wildman–Crippen LogP) is 3.49. The van der Waals surface area contributed by atoms with Gasteiger partial charge in [-0.2, -0.15) is 0 Å². The third-order valence-corrected chi connectivity index (χ3v) is 3.99. The molecule has 120 valence electrons. The van der Waals surface area contributed by atoms with Crippen LogP contribution in [0.15, 0.2) is 84.7 Å². The maximum absolute atomic E-state index is 12.5. The molecular formula is C19H15ClN2O2. The van der Waals surface area contributed by atoms with E-state index in [1.807, 2.05) is 24.3 Å². The number of carbonyl (C=O) groups is 2. The van der Waals surface area contributed by atoms with Crippen molar-refractivity contribution >= 4 is 29.0 Å². The lowest BCUT2D eigenvalue weighted by Gasteiger charge is -2.24. The molecule has 0 fully saturated rings. The van der Waals surface area contributed by atoms with Crippen molar-refractivity contribution in [2.45, 2.75) is 4.87 Å². The zero-order chi connectivity index (χ0) is 17.0. The number of anilines is 1. The Hall–Kier alpha value is -2.85. The van der Waals surface area contributed by atoms with Crippen LogP contribution in [0.1, 0.15) is 10.4 Å². The van der Waals surface area contributed by atoms with Gasteiger partial charge >= 0.3 is 0 Å². The number of amides is 1. The normalized spacial score (nSPS) is 19.1. The Morgan fingerprint density at radius 1 is 0.958 bits per heavy atom. The van der Waals surface area contributed by atoms with Crippen molar-refractivity contribution in [1.82, 2.24) is 5.32 Å². The summed E-state index contributed by atoms with van der Waals surface area (Å²) in [6, 6.07) is 17.8. The molecule has 1 atom stereocenters. The Balaban J connectivity index is 1.83. The smallest absolute Gasteiger partial charge is 0.253 e. The lowest BCUT2D eigenvalue weighted by atomic mass is 9.99. The van der Waals surface area contributed by atoms with Gasteiger partial charge in [0.2, 0.25) is 5.78 Å². The number of ketones is 1. The first-order valence-corrected chi connectivity index (χ1v) is 7.78. The minimum atomic E-state index is -1.43. The van der Waals surface area contributed by atoms with Gasteiger partial charge in [0.25, 0.3) is 5.91 Å². The Morgan fingerprint density at radius 2 is 1.58 bits per heavy atom. The molecule has 1 unspecified atom stereocenters. The highest BCUT2D eigenvalue weighted by Crippen LogP contribution is 2.26. The van der Waals surface area contributed by atoms with E-state index in [-0.39, 0.29) is 11.5 Å². The van der Waals surface area contributed by atoms with E-state index in [1.165, 1.54) is 18.4 Å². The van der Waals surface area contributed by atoms with Crippen LogP contribution >= 0.6 is 11.6 Å². The molecule has 1 heterocycles. The number of halogens is 1. The van der Waals surface area contributed by atoms with Gasteiger partial charge in [-0.15, -0.1) is 0 Å². The highest BCUT2D eigenvalue weighted by Gasteiger charge is 2.35. The van der Waals surface area contributed by atoms with Crippen molar-refractivity contribution in [2.24, 2.45) is 0 Å². The summed E-state index contributed by atoms with van der Waals surface area (Å²) in [5.41, 5.74) is 1.43. The zero-order valence-corrected chi connectivity index (χ0v) is 13.5. The molecule has 0 bridgehead atoms. The molecule has 24 heavy (non-hydrogen) atoms. The molecule has 0 spiro atoms. The van der Waals surface area contributed by atoms with Gasteiger partial charge in [-0.1, -0.05) is 60.1 Å².